The molecule has 0 radical (unpaired) electrons. The van der Waals surface area contributed by atoms with Gasteiger partial charge in [0.15, 0.2) is 0 Å². The molecule has 1 aliphatic heterocycles. The number of nitrogens with one attached hydrogen (secondary N) is 1. The standard InChI is InChI=1S/C39H60N4O4Si2/c1-10-41(38(44)47-27-30-14-12-11-13-15-30)32-17-16-31-24-36(42(35(31)25-32)28-45-20-22-48(4,5)6)37-33-18-19-39(2,3)26-34(33)40-43(37)29-46-21-23-49(7,8)9/h11-17,24-25,34,40H,10,18-23,26-29H2,1-9H3. The molecule has 8 nitrogen and oxygen atoms in total. The number of anilines is 1. The second-order valence-electron chi connectivity index (χ2n) is 17.0. The van der Waals surface area contributed by atoms with Gasteiger partial charge in [-0.15, -0.1) is 0 Å². The van der Waals surface area contributed by atoms with E-state index < -0.39 is 16.1 Å². The molecule has 0 bridgehead atoms. The zero-order chi connectivity index (χ0) is 35.4. The van der Waals surface area contributed by atoms with Gasteiger partial charge in [0.1, 0.15) is 20.1 Å². The molecule has 10 heteroatoms. The predicted octanol–water partition coefficient (Wildman–Crippen LogP) is 9.54. The molecule has 5 rings (SSSR count). The topological polar surface area (TPSA) is 68.2 Å². The molecule has 1 aromatic heterocycles. The molecule has 1 aliphatic carbocycles. The minimum Gasteiger partial charge on any atom is -0.444 e. The van der Waals surface area contributed by atoms with Crippen molar-refractivity contribution < 1.29 is 19.0 Å². The number of benzene rings is 2. The van der Waals surface area contributed by atoms with Crippen LogP contribution < -0.4 is 10.3 Å². The Balaban J connectivity index is 1.50. The first-order chi connectivity index (χ1) is 23.1. The van der Waals surface area contributed by atoms with Crippen LogP contribution in [0.4, 0.5) is 10.5 Å². The summed E-state index contributed by atoms with van der Waals surface area (Å²) in [6.07, 6.45) is 2.94. The van der Waals surface area contributed by atoms with Crippen molar-refractivity contribution in [3.05, 3.63) is 71.4 Å². The van der Waals surface area contributed by atoms with E-state index in [9.17, 15) is 4.79 Å². The highest BCUT2D eigenvalue weighted by Gasteiger charge is 2.40. The van der Waals surface area contributed by atoms with Crippen molar-refractivity contribution in [2.45, 2.75) is 111 Å². The van der Waals surface area contributed by atoms with Gasteiger partial charge in [0.25, 0.3) is 0 Å². The van der Waals surface area contributed by atoms with Gasteiger partial charge in [0, 0.05) is 47.0 Å². The molecule has 3 aromatic rings. The quantitative estimate of drug-likeness (QED) is 0.126. The highest BCUT2D eigenvalue weighted by molar-refractivity contribution is 6.76. The summed E-state index contributed by atoms with van der Waals surface area (Å²) in [5.41, 5.74) is 10.8. The molecule has 1 amide bonds. The van der Waals surface area contributed by atoms with Gasteiger partial charge in [0.05, 0.1) is 22.9 Å². The van der Waals surface area contributed by atoms with Crippen molar-refractivity contribution in [3.63, 3.8) is 0 Å². The molecule has 1 atom stereocenters. The van der Waals surface area contributed by atoms with Gasteiger partial charge in [-0.2, -0.15) is 0 Å². The molecule has 0 saturated heterocycles. The van der Waals surface area contributed by atoms with Gasteiger partial charge in [0.2, 0.25) is 0 Å². The number of fused-ring (bicyclic) bond motifs is 2. The van der Waals surface area contributed by atoms with Crippen LogP contribution in [0, 0.1) is 5.41 Å². The Morgan fingerprint density at radius 3 is 2.27 bits per heavy atom. The Kier molecular flexibility index (Phi) is 11.9. The third-order valence-corrected chi connectivity index (χ3v) is 13.2. The first-order valence-electron chi connectivity index (χ1n) is 18.2. The van der Waals surface area contributed by atoms with Crippen LogP contribution >= 0.6 is 0 Å². The Hall–Kier alpha value is -2.90. The number of amides is 1. The normalized spacial score (nSPS) is 17.9. The first-order valence-corrected chi connectivity index (χ1v) is 25.6. The fourth-order valence-electron chi connectivity index (χ4n) is 6.69. The molecule has 1 unspecified atom stereocenters. The number of nitrogens with zero attached hydrogens (tertiary/aromatic N) is 3. The molecular formula is C39H60N4O4Si2. The van der Waals surface area contributed by atoms with Crippen LogP contribution in [0.1, 0.15) is 51.3 Å². The van der Waals surface area contributed by atoms with E-state index in [1.165, 1.54) is 11.3 Å². The number of hydrogen-bond acceptors (Lipinski definition) is 6. The van der Waals surface area contributed by atoms with E-state index in [4.69, 9.17) is 14.2 Å². The van der Waals surface area contributed by atoms with Crippen LogP contribution in [0.3, 0.4) is 0 Å². The molecule has 2 aliphatic rings. The van der Waals surface area contributed by atoms with Gasteiger partial charge in [-0.05, 0) is 73.0 Å². The SMILES string of the molecule is CCN(C(=O)OCc1ccccc1)c1ccc2cc(C3=C4CCC(C)(C)CC4NN3COCC[Si](C)(C)C)n(COCC[Si](C)(C)C)c2c1. The summed E-state index contributed by atoms with van der Waals surface area (Å²) >= 11 is 0. The lowest BCUT2D eigenvalue weighted by Crippen LogP contribution is -2.42. The number of carbonyl (C=O) groups is 1. The summed E-state index contributed by atoms with van der Waals surface area (Å²) in [5.74, 6) is 0. The van der Waals surface area contributed by atoms with Gasteiger partial charge in [-0.25, -0.2) is 10.2 Å². The summed E-state index contributed by atoms with van der Waals surface area (Å²) < 4.78 is 20.9. The fourth-order valence-corrected chi connectivity index (χ4v) is 8.20. The molecule has 49 heavy (non-hydrogen) atoms. The number of carbonyl (C=O) groups excluding carboxylic acids is 1. The number of hydrazine groups is 1. The number of rotatable bonds is 15. The maximum absolute atomic E-state index is 13.4. The van der Waals surface area contributed by atoms with E-state index in [0.29, 0.717) is 20.0 Å². The van der Waals surface area contributed by atoms with Crippen LogP contribution in [-0.2, 0) is 27.5 Å². The molecule has 1 saturated carbocycles. The van der Waals surface area contributed by atoms with E-state index in [1.54, 1.807) is 4.90 Å². The summed E-state index contributed by atoms with van der Waals surface area (Å²) in [6, 6.07) is 20.9. The predicted molar refractivity (Wildman–Crippen MR) is 208 cm³/mol. The lowest BCUT2D eigenvalue weighted by molar-refractivity contribution is 0.0390. The Morgan fingerprint density at radius 1 is 0.939 bits per heavy atom. The van der Waals surface area contributed by atoms with Crippen molar-refractivity contribution in [2.75, 3.05) is 31.4 Å². The Bertz CT molecular complexity index is 1610. The monoisotopic (exact) mass is 704 g/mol. The van der Waals surface area contributed by atoms with Crippen LogP contribution in [0.15, 0.2) is 60.2 Å². The second-order valence-corrected chi connectivity index (χ2v) is 28.3. The van der Waals surface area contributed by atoms with E-state index in [0.717, 1.165) is 72.4 Å². The van der Waals surface area contributed by atoms with Crippen LogP contribution in [0.2, 0.25) is 51.4 Å². The molecule has 1 fully saturated rings. The summed E-state index contributed by atoms with van der Waals surface area (Å²) in [7, 11) is -2.47. The van der Waals surface area contributed by atoms with E-state index in [2.05, 4.69) is 86.3 Å². The van der Waals surface area contributed by atoms with Gasteiger partial charge < -0.3 is 18.8 Å². The largest absolute Gasteiger partial charge is 0.444 e. The summed E-state index contributed by atoms with van der Waals surface area (Å²) in [6.45, 7) is 24.3. The van der Waals surface area contributed by atoms with Crippen molar-refractivity contribution in [2.24, 2.45) is 5.41 Å². The summed E-state index contributed by atoms with van der Waals surface area (Å²) in [5, 5.41) is 3.38. The zero-order valence-electron chi connectivity index (χ0n) is 31.5. The minimum absolute atomic E-state index is 0.238. The number of ether oxygens (including phenoxy) is 3. The lowest BCUT2D eigenvalue weighted by atomic mass is 9.73. The highest BCUT2D eigenvalue weighted by Crippen LogP contribution is 2.45. The minimum atomic E-state index is -1.26. The average Bonchev–Trinajstić information content (AvgIpc) is 3.56. The molecule has 2 heterocycles. The maximum atomic E-state index is 13.4. The number of hydrogen-bond donors (Lipinski definition) is 1. The van der Waals surface area contributed by atoms with E-state index in [-0.39, 0.29) is 24.2 Å². The third-order valence-electron chi connectivity index (χ3n) is 9.75. The van der Waals surface area contributed by atoms with Crippen LogP contribution in [0.5, 0.6) is 0 Å². The maximum Gasteiger partial charge on any atom is 0.414 e. The third kappa shape index (κ3) is 9.88. The zero-order valence-corrected chi connectivity index (χ0v) is 33.5. The Morgan fingerprint density at radius 2 is 1.61 bits per heavy atom. The van der Waals surface area contributed by atoms with E-state index in [1.807, 2.05) is 43.3 Å². The highest BCUT2D eigenvalue weighted by atomic mass is 28.3. The summed E-state index contributed by atoms with van der Waals surface area (Å²) in [4.78, 5) is 15.1. The second kappa shape index (κ2) is 15.6. The van der Waals surface area contributed by atoms with Crippen molar-refractivity contribution >= 4 is 44.5 Å². The van der Waals surface area contributed by atoms with Gasteiger partial charge >= 0.3 is 6.09 Å². The number of aromatic nitrogens is 1. The van der Waals surface area contributed by atoms with E-state index >= 15 is 0 Å². The molecule has 2 aromatic carbocycles. The van der Waals surface area contributed by atoms with Gasteiger partial charge in [-0.1, -0.05) is 89.5 Å². The first kappa shape index (κ1) is 37.4. The van der Waals surface area contributed by atoms with Crippen molar-refractivity contribution in [3.8, 4) is 0 Å². The molecular weight excluding hydrogens is 645 g/mol. The smallest absolute Gasteiger partial charge is 0.414 e. The lowest BCUT2D eigenvalue weighted by Gasteiger charge is -2.34. The van der Waals surface area contributed by atoms with Crippen molar-refractivity contribution in [1.29, 1.82) is 0 Å². The van der Waals surface area contributed by atoms with Crippen LogP contribution in [-0.4, -0.2) is 64.3 Å². The average molecular weight is 705 g/mol. The van der Waals surface area contributed by atoms with Crippen molar-refractivity contribution in [1.82, 2.24) is 15.0 Å². The fraction of sp³-hybridized carbons (Fsp3) is 0.564. The Labute approximate surface area is 296 Å². The van der Waals surface area contributed by atoms with Gasteiger partial charge in [-0.3, -0.25) is 9.91 Å². The molecule has 268 valence electrons. The van der Waals surface area contributed by atoms with Crippen LogP contribution in [0.25, 0.3) is 16.6 Å². The molecule has 0 spiro atoms. The molecule has 1 N–H and O–H groups in total.